The number of rotatable bonds is 3. The number of aliphatic hydroxyl groups is 1. The van der Waals surface area contributed by atoms with Crippen molar-refractivity contribution in [3.8, 4) is 0 Å². The number of benzene rings is 1. The first kappa shape index (κ1) is 16.0. The number of hydrogen-bond acceptors (Lipinski definition) is 3. The summed E-state index contributed by atoms with van der Waals surface area (Å²) in [5.74, 6) is -1.80. The van der Waals surface area contributed by atoms with Crippen LogP contribution >= 0.6 is 0 Å². The smallest absolute Gasteiger partial charge is 0.387 e. The van der Waals surface area contributed by atoms with Crippen molar-refractivity contribution in [1.29, 1.82) is 0 Å². The third kappa shape index (κ3) is 4.23. The molecule has 0 bridgehead atoms. The average molecular weight is 290 g/mol. The fourth-order valence-corrected chi connectivity index (χ4v) is 1.40. The van der Waals surface area contributed by atoms with E-state index in [-0.39, 0.29) is 12.1 Å². The molecule has 5 nitrogen and oxygen atoms in total. The van der Waals surface area contributed by atoms with Gasteiger partial charge in [0.05, 0.1) is 11.7 Å². The summed E-state index contributed by atoms with van der Waals surface area (Å²) < 4.78 is 37.0. The maximum atomic E-state index is 12.3. The lowest BCUT2D eigenvalue weighted by Crippen LogP contribution is -2.39. The van der Waals surface area contributed by atoms with Gasteiger partial charge < -0.3 is 15.7 Å². The molecular formula is C12H13F3N2O3. The number of nitrogens with one attached hydrogen (secondary N) is 2. The van der Waals surface area contributed by atoms with Crippen molar-refractivity contribution in [2.45, 2.75) is 12.3 Å². The minimum Gasteiger partial charge on any atom is -0.387 e. The molecule has 0 unspecified atom stereocenters. The SMILES string of the molecule is CNC(=O)C(=O)NC[C@@H](O)c1ccc(C(F)(F)F)cc1. The summed E-state index contributed by atoms with van der Waals surface area (Å²) in [6, 6.07) is 3.89. The molecule has 3 N–H and O–H groups in total. The second-order valence-electron chi connectivity index (χ2n) is 3.92. The molecule has 0 saturated heterocycles. The van der Waals surface area contributed by atoms with Crippen molar-refractivity contribution in [1.82, 2.24) is 10.6 Å². The topological polar surface area (TPSA) is 78.4 Å². The monoisotopic (exact) mass is 290 g/mol. The summed E-state index contributed by atoms with van der Waals surface area (Å²) in [6.07, 6.45) is -5.65. The zero-order valence-corrected chi connectivity index (χ0v) is 10.5. The molecule has 1 aromatic carbocycles. The molecule has 1 aromatic rings. The first-order valence-corrected chi connectivity index (χ1v) is 5.61. The predicted octanol–water partition coefficient (Wildman–Crippen LogP) is 0.601. The van der Waals surface area contributed by atoms with E-state index in [9.17, 15) is 27.9 Å². The summed E-state index contributed by atoms with van der Waals surface area (Å²) in [4.78, 5) is 22.0. The fourth-order valence-electron chi connectivity index (χ4n) is 1.40. The molecule has 0 heterocycles. The van der Waals surface area contributed by atoms with Gasteiger partial charge in [0.2, 0.25) is 0 Å². The van der Waals surface area contributed by atoms with Gasteiger partial charge in [-0.1, -0.05) is 12.1 Å². The van der Waals surface area contributed by atoms with Gasteiger partial charge in [0.1, 0.15) is 0 Å². The Morgan fingerprint density at radius 2 is 1.75 bits per heavy atom. The van der Waals surface area contributed by atoms with E-state index in [4.69, 9.17) is 0 Å². The average Bonchev–Trinajstić information content (AvgIpc) is 2.42. The van der Waals surface area contributed by atoms with E-state index in [0.717, 1.165) is 24.3 Å². The van der Waals surface area contributed by atoms with Gasteiger partial charge in [0.15, 0.2) is 0 Å². The van der Waals surface area contributed by atoms with Gasteiger partial charge in [-0.2, -0.15) is 13.2 Å². The number of carbonyl (C=O) groups is 2. The van der Waals surface area contributed by atoms with Gasteiger partial charge in [0.25, 0.3) is 0 Å². The van der Waals surface area contributed by atoms with Crippen LogP contribution in [0, 0.1) is 0 Å². The number of halogens is 3. The van der Waals surface area contributed by atoms with E-state index < -0.39 is 29.7 Å². The summed E-state index contributed by atoms with van der Waals surface area (Å²) in [5, 5.41) is 13.9. The summed E-state index contributed by atoms with van der Waals surface area (Å²) in [7, 11) is 1.27. The molecule has 0 saturated carbocycles. The van der Waals surface area contributed by atoms with Crippen molar-refractivity contribution < 1.29 is 27.9 Å². The number of carbonyl (C=O) groups excluding carboxylic acids is 2. The molecule has 0 aliphatic heterocycles. The van der Waals surface area contributed by atoms with Crippen LogP contribution in [0.15, 0.2) is 24.3 Å². The Balaban J connectivity index is 2.62. The van der Waals surface area contributed by atoms with Crippen LogP contribution in [0.2, 0.25) is 0 Å². The Hall–Kier alpha value is -2.09. The molecule has 0 aliphatic rings. The maximum absolute atomic E-state index is 12.3. The van der Waals surface area contributed by atoms with E-state index in [1.807, 2.05) is 0 Å². The Bertz CT molecular complexity index is 486. The Kier molecular flexibility index (Phi) is 5.09. The van der Waals surface area contributed by atoms with Crippen LogP contribution in [0.4, 0.5) is 13.2 Å². The van der Waals surface area contributed by atoms with E-state index in [1.54, 1.807) is 0 Å². The van der Waals surface area contributed by atoms with Crippen molar-refractivity contribution in [3.05, 3.63) is 35.4 Å². The second kappa shape index (κ2) is 6.38. The molecule has 8 heteroatoms. The van der Waals surface area contributed by atoms with Crippen LogP contribution < -0.4 is 10.6 Å². The molecule has 1 atom stereocenters. The van der Waals surface area contributed by atoms with E-state index in [0.29, 0.717) is 0 Å². The van der Waals surface area contributed by atoms with E-state index in [1.165, 1.54) is 7.05 Å². The van der Waals surface area contributed by atoms with Crippen molar-refractivity contribution in [3.63, 3.8) is 0 Å². The van der Waals surface area contributed by atoms with Gasteiger partial charge >= 0.3 is 18.0 Å². The van der Waals surface area contributed by atoms with Crippen molar-refractivity contribution in [2.24, 2.45) is 0 Å². The maximum Gasteiger partial charge on any atom is 0.416 e. The van der Waals surface area contributed by atoms with Crippen LogP contribution in [-0.2, 0) is 15.8 Å². The quantitative estimate of drug-likeness (QED) is 0.713. The fraction of sp³-hybridized carbons (Fsp3) is 0.333. The zero-order chi connectivity index (χ0) is 15.3. The van der Waals surface area contributed by atoms with Crippen LogP contribution in [-0.4, -0.2) is 30.5 Å². The van der Waals surface area contributed by atoms with Gasteiger partial charge in [-0.05, 0) is 17.7 Å². The molecule has 0 aromatic heterocycles. The number of aliphatic hydroxyl groups excluding tert-OH is 1. The highest BCUT2D eigenvalue weighted by Crippen LogP contribution is 2.29. The summed E-state index contributed by atoms with van der Waals surface area (Å²) in [5.41, 5.74) is -0.627. The molecule has 110 valence electrons. The lowest BCUT2D eigenvalue weighted by Gasteiger charge is -2.13. The second-order valence-corrected chi connectivity index (χ2v) is 3.92. The molecule has 0 radical (unpaired) electrons. The molecule has 0 aliphatic carbocycles. The first-order chi connectivity index (χ1) is 9.25. The minimum absolute atomic E-state index is 0.204. The van der Waals surface area contributed by atoms with E-state index >= 15 is 0 Å². The normalized spacial score (nSPS) is 12.7. The van der Waals surface area contributed by atoms with Crippen LogP contribution in [0.3, 0.4) is 0 Å². The van der Waals surface area contributed by atoms with Gasteiger partial charge in [-0.25, -0.2) is 0 Å². The molecule has 2 amide bonds. The van der Waals surface area contributed by atoms with E-state index in [2.05, 4.69) is 10.6 Å². The molecular weight excluding hydrogens is 277 g/mol. The largest absolute Gasteiger partial charge is 0.416 e. The van der Waals surface area contributed by atoms with Gasteiger partial charge in [-0.15, -0.1) is 0 Å². The third-order valence-electron chi connectivity index (χ3n) is 2.51. The van der Waals surface area contributed by atoms with Crippen molar-refractivity contribution in [2.75, 3.05) is 13.6 Å². The molecule has 0 fully saturated rings. The summed E-state index contributed by atoms with van der Waals surface area (Å²) >= 11 is 0. The van der Waals surface area contributed by atoms with Gasteiger partial charge in [0, 0.05) is 13.6 Å². The highest BCUT2D eigenvalue weighted by Gasteiger charge is 2.30. The molecule has 0 spiro atoms. The number of likely N-dealkylation sites (N-methyl/N-ethyl adjacent to an activating group) is 1. The number of hydrogen-bond donors (Lipinski definition) is 3. The molecule has 20 heavy (non-hydrogen) atoms. The lowest BCUT2D eigenvalue weighted by molar-refractivity contribution is -0.139. The summed E-state index contributed by atoms with van der Waals surface area (Å²) in [6.45, 7) is -0.280. The highest BCUT2D eigenvalue weighted by molar-refractivity contribution is 6.35. The zero-order valence-electron chi connectivity index (χ0n) is 10.5. The number of alkyl halides is 3. The van der Waals surface area contributed by atoms with Gasteiger partial charge in [-0.3, -0.25) is 9.59 Å². The minimum atomic E-state index is -4.45. The lowest BCUT2D eigenvalue weighted by atomic mass is 10.1. The van der Waals surface area contributed by atoms with Crippen LogP contribution in [0.25, 0.3) is 0 Å². The first-order valence-electron chi connectivity index (χ1n) is 5.61. The Morgan fingerprint density at radius 1 is 1.20 bits per heavy atom. The Morgan fingerprint density at radius 3 is 2.20 bits per heavy atom. The van der Waals surface area contributed by atoms with Crippen molar-refractivity contribution >= 4 is 11.8 Å². The number of amides is 2. The van der Waals surface area contributed by atoms with Crippen LogP contribution in [0.5, 0.6) is 0 Å². The Labute approximate surface area is 112 Å². The predicted molar refractivity (Wildman–Crippen MR) is 63.5 cm³/mol. The highest BCUT2D eigenvalue weighted by atomic mass is 19.4. The third-order valence-corrected chi connectivity index (χ3v) is 2.51. The van der Waals surface area contributed by atoms with Crippen LogP contribution in [0.1, 0.15) is 17.2 Å². The molecule has 1 rings (SSSR count). The standard InChI is InChI=1S/C12H13F3N2O3/c1-16-10(19)11(20)17-6-9(18)7-2-4-8(5-3-7)12(13,14)15/h2-5,9,18H,6H2,1H3,(H,16,19)(H,17,20)/t9-/m1/s1.